The van der Waals surface area contributed by atoms with Gasteiger partial charge in [-0.1, -0.05) is 5.41 Å². The second-order valence-electron chi connectivity index (χ2n) is 7.28. The molecule has 1 heterocycles. The molecular formula is C19H35LiN2O4-2. The van der Waals surface area contributed by atoms with Gasteiger partial charge < -0.3 is 35.6 Å². The summed E-state index contributed by atoms with van der Waals surface area (Å²) in [6, 6.07) is 0. The van der Waals surface area contributed by atoms with E-state index >= 15 is 0 Å². The number of carbonyl (C=O) groups is 2. The summed E-state index contributed by atoms with van der Waals surface area (Å²) in [6.45, 7) is 19.6. The Balaban J connectivity index is 0. The van der Waals surface area contributed by atoms with Crippen molar-refractivity contribution in [3.8, 4) is 0 Å². The number of amides is 1. The fourth-order valence-corrected chi connectivity index (χ4v) is 2.47. The molecule has 1 rings (SSSR count). The van der Waals surface area contributed by atoms with Gasteiger partial charge in [-0.2, -0.15) is 12.8 Å². The minimum absolute atomic E-state index is 0. The number of hydrogen-bond donors (Lipinski definition) is 1. The number of piperidine rings is 1. The SMILES string of the molecule is [CH2-]CC1(C[CH2-])CCN(CC(=O)OC)CC1.[CH2-]CNC(=O)OC(C)(C)C.[Li+]. The van der Waals surface area contributed by atoms with Crippen molar-refractivity contribution >= 4 is 12.1 Å². The average molecular weight is 362 g/mol. The fourth-order valence-electron chi connectivity index (χ4n) is 2.47. The Bertz CT molecular complexity index is 397. The van der Waals surface area contributed by atoms with Gasteiger partial charge in [-0.25, -0.2) is 4.79 Å². The topological polar surface area (TPSA) is 67.9 Å². The average Bonchev–Trinajstić information content (AvgIpc) is 2.55. The van der Waals surface area contributed by atoms with E-state index in [1.165, 1.54) is 7.11 Å². The van der Waals surface area contributed by atoms with Crippen LogP contribution in [0.4, 0.5) is 4.79 Å². The van der Waals surface area contributed by atoms with Gasteiger partial charge in [0, 0.05) is 0 Å². The van der Waals surface area contributed by atoms with Crippen LogP contribution in [0.3, 0.4) is 0 Å². The molecule has 1 saturated heterocycles. The van der Waals surface area contributed by atoms with Gasteiger partial charge in [0.25, 0.3) is 0 Å². The summed E-state index contributed by atoms with van der Waals surface area (Å²) >= 11 is 0. The molecule has 7 heteroatoms. The van der Waals surface area contributed by atoms with Gasteiger partial charge in [0.05, 0.1) is 13.7 Å². The number of nitrogens with zero attached hydrogens (tertiary/aromatic N) is 1. The summed E-state index contributed by atoms with van der Waals surface area (Å²) in [7, 11) is 1.43. The summed E-state index contributed by atoms with van der Waals surface area (Å²) < 4.78 is 9.54. The van der Waals surface area contributed by atoms with Gasteiger partial charge in [-0.15, -0.1) is 6.54 Å². The van der Waals surface area contributed by atoms with Gasteiger partial charge in [0.2, 0.25) is 0 Å². The van der Waals surface area contributed by atoms with E-state index in [1.807, 2.05) is 20.8 Å². The van der Waals surface area contributed by atoms with Crippen LogP contribution in [0.2, 0.25) is 0 Å². The summed E-state index contributed by atoms with van der Waals surface area (Å²) in [5.74, 6) is -0.147. The van der Waals surface area contributed by atoms with E-state index < -0.39 is 11.7 Å². The Morgan fingerprint density at radius 3 is 1.96 bits per heavy atom. The van der Waals surface area contributed by atoms with Gasteiger partial charge in [0.15, 0.2) is 0 Å². The van der Waals surface area contributed by atoms with Crippen molar-refractivity contribution in [1.82, 2.24) is 10.2 Å². The monoisotopic (exact) mass is 362 g/mol. The maximum absolute atomic E-state index is 11.1. The largest absolute Gasteiger partial charge is 1.00 e. The van der Waals surface area contributed by atoms with Gasteiger partial charge in [-0.05, 0) is 46.7 Å². The predicted molar refractivity (Wildman–Crippen MR) is 99.7 cm³/mol. The molecule has 148 valence electrons. The van der Waals surface area contributed by atoms with Crippen LogP contribution in [0.25, 0.3) is 0 Å². The molecular weight excluding hydrogens is 327 g/mol. The molecule has 0 saturated carbocycles. The second-order valence-corrected chi connectivity index (χ2v) is 7.28. The van der Waals surface area contributed by atoms with Crippen molar-refractivity contribution in [2.24, 2.45) is 5.41 Å². The zero-order valence-corrected chi connectivity index (χ0v) is 17.4. The van der Waals surface area contributed by atoms with Crippen LogP contribution in [0.5, 0.6) is 0 Å². The van der Waals surface area contributed by atoms with Crippen LogP contribution in [-0.4, -0.2) is 55.9 Å². The first-order chi connectivity index (χ1) is 11.6. The molecule has 0 aromatic heterocycles. The predicted octanol–water partition coefficient (Wildman–Crippen LogP) is 0.0392. The molecule has 26 heavy (non-hydrogen) atoms. The van der Waals surface area contributed by atoms with Crippen molar-refractivity contribution in [1.29, 1.82) is 0 Å². The third-order valence-corrected chi connectivity index (χ3v) is 4.23. The maximum atomic E-state index is 11.1. The molecule has 0 spiro atoms. The third-order valence-electron chi connectivity index (χ3n) is 4.23. The molecule has 0 aromatic rings. The van der Waals surface area contributed by atoms with E-state index in [-0.39, 0.29) is 24.8 Å². The van der Waals surface area contributed by atoms with Crippen LogP contribution >= 0.6 is 0 Å². The molecule has 1 aliphatic heterocycles. The first-order valence-electron chi connectivity index (χ1n) is 8.75. The van der Waals surface area contributed by atoms with E-state index in [9.17, 15) is 9.59 Å². The van der Waals surface area contributed by atoms with Crippen molar-refractivity contribution in [3.63, 3.8) is 0 Å². The van der Waals surface area contributed by atoms with Crippen molar-refractivity contribution in [3.05, 3.63) is 20.8 Å². The summed E-state index contributed by atoms with van der Waals surface area (Å²) in [5.41, 5.74) is -0.105. The van der Waals surface area contributed by atoms with Crippen LogP contribution in [0.1, 0.15) is 46.5 Å². The zero-order valence-electron chi connectivity index (χ0n) is 17.4. The quantitative estimate of drug-likeness (QED) is 0.425. The Hall–Kier alpha value is -0.703. The molecule has 0 unspecified atom stereocenters. The van der Waals surface area contributed by atoms with Crippen LogP contribution in [0, 0.1) is 26.2 Å². The summed E-state index contributed by atoms with van der Waals surface area (Å²) in [6.07, 6.45) is 3.67. The van der Waals surface area contributed by atoms with E-state index in [0.717, 1.165) is 38.8 Å². The van der Waals surface area contributed by atoms with Crippen LogP contribution < -0.4 is 24.2 Å². The Morgan fingerprint density at radius 1 is 1.12 bits per heavy atom. The second kappa shape index (κ2) is 13.5. The van der Waals surface area contributed by atoms with Gasteiger partial charge in [-0.3, -0.25) is 9.69 Å². The molecule has 1 amide bonds. The molecule has 0 bridgehead atoms. The number of carbonyl (C=O) groups excluding carboxylic acids is 2. The van der Waals surface area contributed by atoms with Gasteiger partial charge >= 0.3 is 30.9 Å². The fraction of sp³-hybridized carbons (Fsp3) is 0.737. The van der Waals surface area contributed by atoms with E-state index in [1.54, 1.807) is 0 Å². The standard InChI is InChI=1S/C12H21NO2.C7H14NO2.Li/c1-4-12(5-2)6-8-13(9-7-12)10-11(14)15-3;1-5-8-6(9)10-7(2,3)4;/h1-2,4-10H2,3H3;1,5H2,2-4H3,(H,8,9);/q-2;-1;+1. The number of esters is 1. The first-order valence-corrected chi connectivity index (χ1v) is 8.75. The van der Waals surface area contributed by atoms with E-state index in [2.05, 4.69) is 35.7 Å². The molecule has 1 fully saturated rings. The smallest absolute Gasteiger partial charge is 0.468 e. The normalized spacial score (nSPS) is 16.4. The number of alkyl carbamates (subject to hydrolysis) is 1. The molecule has 0 atom stereocenters. The van der Waals surface area contributed by atoms with E-state index in [0.29, 0.717) is 18.5 Å². The van der Waals surface area contributed by atoms with E-state index in [4.69, 9.17) is 4.74 Å². The number of hydrogen-bond acceptors (Lipinski definition) is 5. The molecule has 1 aliphatic rings. The molecule has 6 nitrogen and oxygen atoms in total. The number of ether oxygens (including phenoxy) is 2. The Morgan fingerprint density at radius 2 is 1.62 bits per heavy atom. The summed E-state index contributed by atoms with van der Waals surface area (Å²) in [4.78, 5) is 23.9. The Kier molecular flexibility index (Phi) is 14.2. The molecule has 0 aromatic carbocycles. The number of nitrogens with one attached hydrogen (secondary N) is 1. The number of likely N-dealkylation sites (tertiary alicyclic amines) is 1. The first kappa shape index (κ1) is 27.5. The van der Waals surface area contributed by atoms with Crippen molar-refractivity contribution in [2.45, 2.75) is 52.1 Å². The van der Waals surface area contributed by atoms with Crippen LogP contribution in [-0.2, 0) is 14.3 Å². The zero-order chi connectivity index (χ0) is 19.5. The molecule has 1 N–H and O–H groups in total. The van der Waals surface area contributed by atoms with Crippen molar-refractivity contribution < 1.29 is 37.9 Å². The molecule has 0 radical (unpaired) electrons. The molecule has 0 aliphatic carbocycles. The Labute approximate surface area is 171 Å². The van der Waals surface area contributed by atoms with Crippen LogP contribution in [0.15, 0.2) is 0 Å². The number of methoxy groups -OCH3 is 1. The third kappa shape index (κ3) is 11.8. The van der Waals surface area contributed by atoms with Crippen molar-refractivity contribution in [2.75, 3.05) is 33.3 Å². The maximum Gasteiger partial charge on any atom is 1.00 e. The van der Waals surface area contributed by atoms with Gasteiger partial charge in [0.1, 0.15) is 5.60 Å². The minimum Gasteiger partial charge on any atom is -0.468 e. The minimum atomic E-state index is -0.417. The summed E-state index contributed by atoms with van der Waals surface area (Å²) in [5, 5.41) is 2.43. The number of rotatable bonds is 5.